The highest BCUT2D eigenvalue weighted by molar-refractivity contribution is 6.31. The lowest BCUT2D eigenvalue weighted by Crippen LogP contribution is -2.45. The molecule has 1 aliphatic heterocycles. The van der Waals surface area contributed by atoms with Gasteiger partial charge in [0.15, 0.2) is 0 Å². The maximum Gasteiger partial charge on any atom is 0.332 e. The van der Waals surface area contributed by atoms with Gasteiger partial charge in [-0.05, 0) is 47.9 Å². The molecule has 2 heterocycles. The van der Waals surface area contributed by atoms with Gasteiger partial charge in [-0.25, -0.2) is 4.79 Å². The third-order valence-corrected chi connectivity index (χ3v) is 7.08. The van der Waals surface area contributed by atoms with Crippen LogP contribution in [-0.4, -0.2) is 33.0 Å². The van der Waals surface area contributed by atoms with Crippen LogP contribution in [0.5, 0.6) is 5.75 Å². The van der Waals surface area contributed by atoms with Crippen molar-refractivity contribution in [3.05, 3.63) is 103 Å². The third-order valence-electron chi connectivity index (χ3n) is 6.68. The van der Waals surface area contributed by atoms with Crippen LogP contribution in [-0.2, 0) is 35.8 Å². The predicted octanol–water partition coefficient (Wildman–Crippen LogP) is 3.31. The van der Waals surface area contributed by atoms with Gasteiger partial charge in [0.05, 0.1) is 23.7 Å². The summed E-state index contributed by atoms with van der Waals surface area (Å²) in [7, 11) is 1.47. The Kier molecular flexibility index (Phi) is 6.77. The number of aryl methyl sites for hydroxylation is 1. The van der Waals surface area contributed by atoms with E-state index in [2.05, 4.69) is 5.32 Å². The van der Waals surface area contributed by atoms with E-state index in [1.165, 1.54) is 11.7 Å². The average Bonchev–Trinajstić information content (AvgIpc) is 3.35. The predicted molar refractivity (Wildman–Crippen MR) is 145 cm³/mol. The summed E-state index contributed by atoms with van der Waals surface area (Å²) in [6.45, 7) is 1.81. The first-order valence-corrected chi connectivity index (χ1v) is 12.4. The summed E-state index contributed by atoms with van der Waals surface area (Å²) in [6, 6.07) is 17.5. The van der Waals surface area contributed by atoms with Crippen LogP contribution in [0.3, 0.4) is 0 Å². The van der Waals surface area contributed by atoms with Gasteiger partial charge in [-0.1, -0.05) is 48.0 Å². The van der Waals surface area contributed by atoms with Crippen LogP contribution in [0.4, 0.5) is 5.69 Å². The van der Waals surface area contributed by atoms with Gasteiger partial charge in [0, 0.05) is 18.1 Å². The zero-order chi connectivity index (χ0) is 27.0. The second-order valence-corrected chi connectivity index (χ2v) is 9.55. The van der Waals surface area contributed by atoms with Crippen LogP contribution < -0.4 is 21.3 Å². The first-order chi connectivity index (χ1) is 18.3. The average molecular weight is 533 g/mol. The minimum Gasteiger partial charge on any atom is -0.495 e. The lowest BCUT2D eigenvalue weighted by molar-refractivity contribution is -0.132. The molecular weight excluding hydrogens is 508 g/mol. The zero-order valence-corrected chi connectivity index (χ0v) is 21.6. The maximum absolute atomic E-state index is 13.5. The Hall–Kier alpha value is -4.37. The molecule has 0 spiro atoms. The van der Waals surface area contributed by atoms with E-state index < -0.39 is 30.2 Å². The number of nitrogens with one attached hydrogen (secondary N) is 1. The number of carbonyl (C=O) groups excluding carboxylic acids is 2. The van der Waals surface area contributed by atoms with Crippen molar-refractivity contribution in [3.63, 3.8) is 0 Å². The molecule has 1 N–H and O–H groups in total. The van der Waals surface area contributed by atoms with Crippen molar-refractivity contribution in [3.8, 4) is 5.75 Å². The molecule has 2 amide bonds. The van der Waals surface area contributed by atoms with E-state index >= 15 is 0 Å². The van der Waals surface area contributed by atoms with Crippen LogP contribution in [0, 0.1) is 6.92 Å². The molecule has 4 aromatic rings. The summed E-state index contributed by atoms with van der Waals surface area (Å²) in [5.74, 6) is -0.465. The number of carbonyl (C=O) groups is 2. The van der Waals surface area contributed by atoms with E-state index in [1.807, 2.05) is 31.2 Å². The second-order valence-electron chi connectivity index (χ2n) is 9.15. The third kappa shape index (κ3) is 4.68. The Bertz CT molecular complexity index is 1680. The van der Waals surface area contributed by atoms with E-state index in [-0.39, 0.29) is 11.3 Å². The number of methoxy groups -OCH3 is 1. The fourth-order valence-corrected chi connectivity index (χ4v) is 4.83. The molecule has 3 aromatic carbocycles. The Morgan fingerprint density at radius 2 is 1.61 bits per heavy atom. The summed E-state index contributed by atoms with van der Waals surface area (Å²) in [5, 5.41) is 3.40. The smallest absolute Gasteiger partial charge is 0.332 e. The number of ether oxygens (including phenoxy) is 1. The van der Waals surface area contributed by atoms with Crippen molar-refractivity contribution >= 4 is 40.0 Å². The van der Waals surface area contributed by atoms with Crippen molar-refractivity contribution in [2.45, 2.75) is 33.1 Å². The molecular formula is C28H25ClN4O5. The lowest BCUT2D eigenvalue weighted by atomic mass is 10.1. The fourth-order valence-electron chi connectivity index (χ4n) is 4.66. The van der Waals surface area contributed by atoms with Crippen LogP contribution >= 0.6 is 11.6 Å². The fraction of sp³-hybridized carbons (Fsp3) is 0.214. The number of fused-ring (bicyclic) bond motifs is 2. The van der Waals surface area contributed by atoms with Gasteiger partial charge in [0.2, 0.25) is 11.8 Å². The molecule has 0 fully saturated rings. The zero-order valence-electron chi connectivity index (χ0n) is 20.9. The number of halogens is 1. The van der Waals surface area contributed by atoms with Crippen LogP contribution in [0.1, 0.15) is 16.7 Å². The van der Waals surface area contributed by atoms with E-state index in [1.54, 1.807) is 41.3 Å². The Morgan fingerprint density at radius 3 is 2.29 bits per heavy atom. The number of rotatable bonds is 6. The van der Waals surface area contributed by atoms with Crippen LogP contribution in [0.25, 0.3) is 10.9 Å². The van der Waals surface area contributed by atoms with Gasteiger partial charge >= 0.3 is 5.69 Å². The Morgan fingerprint density at radius 1 is 0.947 bits per heavy atom. The molecule has 194 valence electrons. The molecule has 5 rings (SSSR count). The van der Waals surface area contributed by atoms with Gasteiger partial charge < -0.3 is 15.0 Å². The highest BCUT2D eigenvalue weighted by Crippen LogP contribution is 2.31. The Labute approximate surface area is 222 Å². The van der Waals surface area contributed by atoms with Crippen molar-refractivity contribution in [2.75, 3.05) is 12.4 Å². The summed E-state index contributed by atoms with van der Waals surface area (Å²) in [4.78, 5) is 54.6. The van der Waals surface area contributed by atoms with E-state index in [0.717, 1.165) is 21.3 Å². The highest BCUT2D eigenvalue weighted by Gasteiger charge is 2.25. The molecule has 1 aliphatic rings. The number of anilines is 1. The minimum atomic E-state index is -0.747. The van der Waals surface area contributed by atoms with E-state index in [0.29, 0.717) is 35.1 Å². The monoisotopic (exact) mass is 532 g/mol. The van der Waals surface area contributed by atoms with Gasteiger partial charge in [0.1, 0.15) is 18.8 Å². The molecule has 0 radical (unpaired) electrons. The normalized spacial score (nSPS) is 12.4. The molecule has 0 atom stereocenters. The molecule has 0 saturated heterocycles. The standard InChI is InChI=1S/C28H25ClN4O5/c1-17-11-24(38-2)22(12-21(17)29)30-25(34)15-32-23-10-6-5-9-20(23)27(36)33(28(32)37)16-26(35)31-13-18-7-3-4-8-19(18)14-31/h3-12H,13-16H2,1-2H3,(H,30,34). The maximum atomic E-state index is 13.5. The van der Waals surface area contributed by atoms with Gasteiger partial charge in [0.25, 0.3) is 5.56 Å². The second kappa shape index (κ2) is 10.2. The lowest BCUT2D eigenvalue weighted by Gasteiger charge is -2.18. The van der Waals surface area contributed by atoms with Gasteiger partial charge in [-0.15, -0.1) is 0 Å². The van der Waals surface area contributed by atoms with Crippen molar-refractivity contribution in [1.29, 1.82) is 0 Å². The summed E-state index contributed by atoms with van der Waals surface area (Å²) >= 11 is 6.22. The van der Waals surface area contributed by atoms with Crippen molar-refractivity contribution < 1.29 is 14.3 Å². The van der Waals surface area contributed by atoms with Crippen LogP contribution in [0.15, 0.2) is 70.3 Å². The van der Waals surface area contributed by atoms with E-state index in [4.69, 9.17) is 16.3 Å². The number of hydrogen-bond acceptors (Lipinski definition) is 5. The number of benzene rings is 3. The summed E-state index contributed by atoms with van der Waals surface area (Å²) < 4.78 is 7.44. The van der Waals surface area contributed by atoms with E-state index in [9.17, 15) is 19.2 Å². The number of amides is 2. The quantitative estimate of drug-likeness (QED) is 0.410. The molecule has 0 saturated carbocycles. The molecule has 0 unspecified atom stereocenters. The van der Waals surface area contributed by atoms with Crippen molar-refractivity contribution in [2.24, 2.45) is 0 Å². The SMILES string of the molecule is COc1cc(C)c(Cl)cc1NC(=O)Cn1c(=O)n(CC(=O)N2Cc3ccccc3C2)c(=O)c2ccccc21. The molecule has 1 aromatic heterocycles. The molecule has 9 nitrogen and oxygen atoms in total. The molecule has 0 aliphatic carbocycles. The molecule has 0 bridgehead atoms. The largest absolute Gasteiger partial charge is 0.495 e. The van der Waals surface area contributed by atoms with Gasteiger partial charge in [-0.3, -0.25) is 23.5 Å². The summed E-state index contributed by atoms with van der Waals surface area (Å²) in [5.41, 5.74) is 2.16. The number of aromatic nitrogens is 2. The topological polar surface area (TPSA) is 103 Å². The molecule has 10 heteroatoms. The van der Waals surface area contributed by atoms with Crippen LogP contribution in [0.2, 0.25) is 5.02 Å². The summed E-state index contributed by atoms with van der Waals surface area (Å²) in [6.07, 6.45) is 0. The molecule has 38 heavy (non-hydrogen) atoms. The Balaban J connectivity index is 1.46. The first kappa shape index (κ1) is 25.3. The highest BCUT2D eigenvalue weighted by atomic mass is 35.5. The van der Waals surface area contributed by atoms with Gasteiger partial charge in [-0.2, -0.15) is 0 Å². The number of nitrogens with zero attached hydrogens (tertiary/aromatic N) is 3. The number of para-hydroxylation sites is 1. The first-order valence-electron chi connectivity index (χ1n) is 12.0. The minimum absolute atomic E-state index is 0.230. The number of hydrogen-bond donors (Lipinski definition) is 1. The van der Waals surface area contributed by atoms with Crippen molar-refractivity contribution in [1.82, 2.24) is 14.0 Å².